The fourth-order valence-electron chi connectivity index (χ4n) is 0.927. The molecule has 1 atom stereocenters. The van der Waals surface area contributed by atoms with Crippen LogP contribution in [-0.2, 0) is 9.47 Å². The van der Waals surface area contributed by atoms with Crippen LogP contribution in [0, 0.1) is 0 Å². The lowest BCUT2D eigenvalue weighted by atomic mass is 10.2. The minimum absolute atomic E-state index is 0.109. The molecule has 0 rings (SSSR count). The van der Waals surface area contributed by atoms with Crippen molar-refractivity contribution in [3.05, 3.63) is 12.7 Å². The first-order valence-electron chi connectivity index (χ1n) is 4.35. The van der Waals surface area contributed by atoms with Gasteiger partial charge in [0.1, 0.15) is 0 Å². The topological polar surface area (TPSA) is 44.5 Å². The summed E-state index contributed by atoms with van der Waals surface area (Å²) in [5, 5.41) is 0. The van der Waals surface area contributed by atoms with Crippen LogP contribution in [0.3, 0.4) is 0 Å². The highest BCUT2D eigenvalue weighted by Crippen LogP contribution is 2.03. The van der Waals surface area contributed by atoms with Gasteiger partial charge in [0.25, 0.3) is 0 Å². The first kappa shape index (κ1) is 11.6. The van der Waals surface area contributed by atoms with E-state index in [9.17, 15) is 0 Å². The molecule has 0 saturated heterocycles. The van der Waals surface area contributed by atoms with E-state index in [0.717, 1.165) is 0 Å². The van der Waals surface area contributed by atoms with Crippen molar-refractivity contribution in [1.29, 1.82) is 0 Å². The lowest BCUT2D eigenvalue weighted by Crippen LogP contribution is -2.38. The third-order valence-electron chi connectivity index (χ3n) is 1.45. The Kier molecular flexibility index (Phi) is 7.05. The minimum Gasteiger partial charge on any atom is -0.351 e. The van der Waals surface area contributed by atoms with Gasteiger partial charge in [-0.2, -0.15) is 0 Å². The largest absolute Gasteiger partial charge is 0.351 e. The Balaban J connectivity index is 3.80. The number of hydrogen-bond acceptors (Lipinski definition) is 3. The van der Waals surface area contributed by atoms with Gasteiger partial charge in [0.2, 0.25) is 0 Å². The quantitative estimate of drug-likeness (QED) is 0.466. The van der Waals surface area contributed by atoms with Crippen LogP contribution in [0.4, 0.5) is 0 Å². The van der Waals surface area contributed by atoms with Crippen molar-refractivity contribution in [3.8, 4) is 0 Å². The van der Waals surface area contributed by atoms with Gasteiger partial charge in [-0.15, -0.1) is 6.58 Å². The molecular weight excluding hydrogens is 154 g/mol. The molecule has 72 valence electrons. The molecular formula is C9H19NO2. The third-order valence-corrected chi connectivity index (χ3v) is 1.45. The molecule has 0 radical (unpaired) electrons. The molecule has 3 nitrogen and oxygen atoms in total. The van der Waals surface area contributed by atoms with E-state index in [4.69, 9.17) is 15.2 Å². The van der Waals surface area contributed by atoms with Crippen LogP contribution >= 0.6 is 0 Å². The van der Waals surface area contributed by atoms with Gasteiger partial charge in [0.05, 0.1) is 6.04 Å². The van der Waals surface area contributed by atoms with Crippen molar-refractivity contribution in [2.24, 2.45) is 5.73 Å². The predicted molar refractivity (Wildman–Crippen MR) is 49.8 cm³/mol. The van der Waals surface area contributed by atoms with Gasteiger partial charge >= 0.3 is 0 Å². The molecule has 0 bridgehead atoms. The van der Waals surface area contributed by atoms with E-state index < -0.39 is 0 Å². The fraction of sp³-hybridized carbons (Fsp3) is 0.778. The first-order chi connectivity index (χ1) is 5.76. The summed E-state index contributed by atoms with van der Waals surface area (Å²) in [6.07, 6.45) is 2.19. The molecule has 0 amide bonds. The maximum Gasteiger partial charge on any atom is 0.172 e. The summed E-state index contributed by atoms with van der Waals surface area (Å²) in [6.45, 7) is 8.70. The van der Waals surface area contributed by atoms with Crippen molar-refractivity contribution in [2.75, 3.05) is 13.2 Å². The van der Waals surface area contributed by atoms with E-state index in [-0.39, 0.29) is 12.3 Å². The number of ether oxygens (including phenoxy) is 2. The van der Waals surface area contributed by atoms with E-state index in [1.165, 1.54) is 0 Å². The molecule has 0 fully saturated rings. The molecule has 1 unspecified atom stereocenters. The molecule has 3 heteroatoms. The molecule has 0 aliphatic heterocycles. The van der Waals surface area contributed by atoms with Crippen LogP contribution in [0.1, 0.15) is 20.3 Å². The summed E-state index contributed by atoms with van der Waals surface area (Å²) in [5.74, 6) is 0. The standard InChI is InChI=1S/C9H19NO2/c1-4-7-8(10)9(11-5-2)12-6-3/h4,8-9H,1,5-7,10H2,2-3H3. The Labute approximate surface area is 74.5 Å². The highest BCUT2D eigenvalue weighted by atomic mass is 16.7. The smallest absolute Gasteiger partial charge is 0.172 e. The third kappa shape index (κ3) is 4.49. The average Bonchev–Trinajstić information content (AvgIpc) is 2.04. The van der Waals surface area contributed by atoms with Gasteiger partial charge in [0.15, 0.2) is 6.29 Å². The van der Waals surface area contributed by atoms with Crippen LogP contribution in [0.2, 0.25) is 0 Å². The Morgan fingerprint density at radius 2 is 1.83 bits per heavy atom. The molecule has 0 aromatic heterocycles. The monoisotopic (exact) mass is 173 g/mol. The van der Waals surface area contributed by atoms with Crippen molar-refractivity contribution in [2.45, 2.75) is 32.6 Å². The second-order valence-corrected chi connectivity index (χ2v) is 2.47. The van der Waals surface area contributed by atoms with Gasteiger partial charge < -0.3 is 15.2 Å². The Morgan fingerprint density at radius 1 is 1.33 bits per heavy atom. The van der Waals surface area contributed by atoms with Gasteiger partial charge in [0, 0.05) is 13.2 Å². The summed E-state index contributed by atoms with van der Waals surface area (Å²) < 4.78 is 10.6. The molecule has 0 aliphatic rings. The summed E-state index contributed by atoms with van der Waals surface area (Å²) in [4.78, 5) is 0. The number of nitrogens with two attached hydrogens (primary N) is 1. The van der Waals surface area contributed by atoms with Crippen molar-refractivity contribution in [3.63, 3.8) is 0 Å². The summed E-state index contributed by atoms with van der Waals surface area (Å²) in [6, 6.07) is -0.109. The second kappa shape index (κ2) is 7.28. The van der Waals surface area contributed by atoms with Crippen molar-refractivity contribution >= 4 is 0 Å². The van der Waals surface area contributed by atoms with Crippen molar-refractivity contribution in [1.82, 2.24) is 0 Å². The van der Waals surface area contributed by atoms with E-state index in [1.54, 1.807) is 6.08 Å². The van der Waals surface area contributed by atoms with E-state index in [1.807, 2.05) is 13.8 Å². The van der Waals surface area contributed by atoms with Crippen LogP contribution in [-0.4, -0.2) is 25.5 Å². The second-order valence-electron chi connectivity index (χ2n) is 2.47. The molecule has 2 N–H and O–H groups in total. The van der Waals surface area contributed by atoms with E-state index in [2.05, 4.69) is 6.58 Å². The van der Waals surface area contributed by atoms with Gasteiger partial charge in [-0.1, -0.05) is 6.08 Å². The van der Waals surface area contributed by atoms with Crippen LogP contribution in [0.15, 0.2) is 12.7 Å². The van der Waals surface area contributed by atoms with E-state index in [0.29, 0.717) is 19.6 Å². The maximum atomic E-state index is 5.78. The zero-order valence-electron chi connectivity index (χ0n) is 7.95. The normalized spacial score (nSPS) is 13.3. The molecule has 12 heavy (non-hydrogen) atoms. The van der Waals surface area contributed by atoms with Crippen LogP contribution in [0.5, 0.6) is 0 Å². The summed E-state index contributed by atoms with van der Waals surface area (Å²) in [5.41, 5.74) is 5.78. The SMILES string of the molecule is C=CCC(N)C(OCC)OCC. The fourth-order valence-corrected chi connectivity index (χ4v) is 0.927. The molecule has 0 saturated carbocycles. The lowest BCUT2D eigenvalue weighted by Gasteiger charge is -2.22. The molecule has 0 spiro atoms. The Morgan fingerprint density at radius 3 is 2.17 bits per heavy atom. The van der Waals surface area contributed by atoms with Gasteiger partial charge in [-0.25, -0.2) is 0 Å². The molecule has 0 aromatic rings. The zero-order chi connectivity index (χ0) is 9.40. The zero-order valence-corrected chi connectivity index (χ0v) is 7.95. The minimum atomic E-state index is -0.294. The lowest BCUT2D eigenvalue weighted by molar-refractivity contribution is -0.147. The van der Waals surface area contributed by atoms with Gasteiger partial charge in [-0.3, -0.25) is 0 Å². The average molecular weight is 173 g/mol. The van der Waals surface area contributed by atoms with Crippen LogP contribution in [0.25, 0.3) is 0 Å². The van der Waals surface area contributed by atoms with E-state index >= 15 is 0 Å². The number of rotatable bonds is 7. The highest BCUT2D eigenvalue weighted by molar-refractivity contribution is 4.77. The van der Waals surface area contributed by atoms with Crippen molar-refractivity contribution < 1.29 is 9.47 Å². The maximum absolute atomic E-state index is 5.78. The van der Waals surface area contributed by atoms with Crippen LogP contribution < -0.4 is 5.73 Å². The van der Waals surface area contributed by atoms with Gasteiger partial charge in [-0.05, 0) is 20.3 Å². The molecule has 0 aliphatic carbocycles. The Bertz CT molecular complexity index is 111. The highest BCUT2D eigenvalue weighted by Gasteiger charge is 2.15. The first-order valence-corrected chi connectivity index (χ1v) is 4.35. The summed E-state index contributed by atoms with van der Waals surface area (Å²) in [7, 11) is 0. The predicted octanol–water partition coefficient (Wildman–Crippen LogP) is 1.29. The summed E-state index contributed by atoms with van der Waals surface area (Å²) >= 11 is 0. The number of hydrogen-bond donors (Lipinski definition) is 1. The molecule has 0 heterocycles. The Hall–Kier alpha value is -0.380. The molecule has 0 aromatic carbocycles.